The Bertz CT molecular complexity index is 1220. The number of hydrogen-bond donors (Lipinski definition) is 1. The van der Waals surface area contributed by atoms with Crippen molar-refractivity contribution < 1.29 is 18.7 Å². The summed E-state index contributed by atoms with van der Waals surface area (Å²) in [5.41, 5.74) is 2.48. The van der Waals surface area contributed by atoms with Crippen LogP contribution in [0.4, 0.5) is 0 Å². The van der Waals surface area contributed by atoms with Crippen molar-refractivity contribution in [3.05, 3.63) is 69.5 Å². The van der Waals surface area contributed by atoms with Crippen LogP contribution in [-0.2, 0) is 11.2 Å². The summed E-state index contributed by atoms with van der Waals surface area (Å²) < 4.78 is 10.9. The Morgan fingerprint density at radius 3 is 2.87 bits per heavy atom. The number of nitriles is 1. The fourth-order valence-corrected chi connectivity index (χ4v) is 4.47. The van der Waals surface area contributed by atoms with Crippen molar-refractivity contribution in [1.82, 2.24) is 5.32 Å². The van der Waals surface area contributed by atoms with Crippen LogP contribution in [0.5, 0.6) is 5.75 Å². The molecule has 1 aliphatic rings. The lowest BCUT2D eigenvalue weighted by molar-refractivity contribution is -0.117. The van der Waals surface area contributed by atoms with Gasteiger partial charge in [0.25, 0.3) is 5.91 Å². The second kappa shape index (κ2) is 8.80. The molecule has 1 atom stereocenters. The number of fused-ring (bicyclic) bond motifs is 1. The summed E-state index contributed by atoms with van der Waals surface area (Å²) in [5, 5.41) is 12.5. The molecule has 31 heavy (non-hydrogen) atoms. The van der Waals surface area contributed by atoms with Crippen molar-refractivity contribution in [1.29, 1.82) is 5.26 Å². The van der Waals surface area contributed by atoms with Crippen LogP contribution in [0.3, 0.4) is 0 Å². The van der Waals surface area contributed by atoms with Crippen LogP contribution in [0.25, 0.3) is 16.5 Å². The second-order valence-corrected chi connectivity index (χ2v) is 8.54. The van der Waals surface area contributed by atoms with E-state index < -0.39 is 5.91 Å². The van der Waals surface area contributed by atoms with Gasteiger partial charge in [-0.1, -0.05) is 11.6 Å². The third-order valence-electron chi connectivity index (χ3n) is 4.80. The molecule has 1 N–H and O–H groups in total. The number of nitrogens with zero attached hydrogens (tertiary/aromatic N) is 1. The SMILES string of the molecule is CC(=O)c1ccc(-c2cc(Cl)c3c(c2)CC(CNC(=O)/C(C#N)=C/c2ccoc2)O3)s1. The molecule has 8 heteroatoms. The number of halogens is 1. The van der Waals surface area contributed by atoms with Crippen LogP contribution in [0, 0.1) is 11.3 Å². The number of ketones is 1. The van der Waals surface area contributed by atoms with Gasteiger partial charge in [0.1, 0.15) is 23.5 Å². The Labute approximate surface area is 187 Å². The van der Waals surface area contributed by atoms with Gasteiger partial charge >= 0.3 is 0 Å². The highest BCUT2D eigenvalue weighted by Crippen LogP contribution is 2.41. The van der Waals surface area contributed by atoms with Crippen LogP contribution >= 0.6 is 22.9 Å². The summed E-state index contributed by atoms with van der Waals surface area (Å²) in [6.07, 6.45) is 4.66. The number of Topliss-reactive ketones (excluding diaryl/α,β-unsaturated/α-hetero) is 1. The first-order valence-electron chi connectivity index (χ1n) is 9.47. The Kier molecular flexibility index (Phi) is 5.94. The fraction of sp³-hybridized carbons (Fsp3) is 0.174. The maximum atomic E-state index is 12.4. The van der Waals surface area contributed by atoms with E-state index in [1.54, 1.807) is 13.0 Å². The number of amides is 1. The molecule has 1 amide bonds. The van der Waals surface area contributed by atoms with E-state index in [0.717, 1.165) is 16.0 Å². The monoisotopic (exact) mass is 452 g/mol. The number of hydrogen-bond acceptors (Lipinski definition) is 6. The van der Waals surface area contributed by atoms with Gasteiger partial charge in [0.2, 0.25) is 0 Å². The molecule has 0 fully saturated rings. The third kappa shape index (κ3) is 4.55. The molecule has 0 spiro atoms. The van der Waals surface area contributed by atoms with Gasteiger partial charge in [-0.25, -0.2) is 0 Å². The topological polar surface area (TPSA) is 92.3 Å². The number of nitrogens with one attached hydrogen (secondary N) is 1. The summed E-state index contributed by atoms with van der Waals surface area (Å²) in [7, 11) is 0. The van der Waals surface area contributed by atoms with Crippen molar-refractivity contribution in [3.8, 4) is 22.3 Å². The summed E-state index contributed by atoms with van der Waals surface area (Å²) in [5.74, 6) is 0.147. The number of thiophene rings is 1. The molecular formula is C23H17ClN2O4S. The molecule has 4 rings (SSSR count). The Morgan fingerprint density at radius 1 is 1.35 bits per heavy atom. The smallest absolute Gasteiger partial charge is 0.262 e. The lowest BCUT2D eigenvalue weighted by Crippen LogP contribution is -2.35. The molecule has 3 heterocycles. The molecule has 2 aromatic heterocycles. The van der Waals surface area contributed by atoms with E-state index in [2.05, 4.69) is 5.32 Å². The molecule has 1 unspecified atom stereocenters. The number of carbonyl (C=O) groups excluding carboxylic acids is 2. The van der Waals surface area contributed by atoms with Crippen molar-refractivity contribution >= 4 is 40.7 Å². The molecule has 156 valence electrons. The molecule has 0 radical (unpaired) electrons. The molecule has 0 bridgehead atoms. The first kappa shape index (κ1) is 20.9. The molecule has 6 nitrogen and oxygen atoms in total. The molecular weight excluding hydrogens is 436 g/mol. The average molecular weight is 453 g/mol. The minimum absolute atomic E-state index is 0.0174. The number of ether oxygens (including phenoxy) is 1. The van der Waals surface area contributed by atoms with E-state index in [1.807, 2.05) is 30.3 Å². The van der Waals surface area contributed by atoms with Gasteiger partial charge in [-0.2, -0.15) is 5.26 Å². The molecule has 1 aromatic carbocycles. The largest absolute Gasteiger partial charge is 0.486 e. The lowest BCUT2D eigenvalue weighted by Gasteiger charge is -2.12. The van der Waals surface area contributed by atoms with Crippen LogP contribution in [0.2, 0.25) is 5.02 Å². The normalized spacial score (nSPS) is 15.1. The van der Waals surface area contributed by atoms with Gasteiger partial charge in [0.15, 0.2) is 5.78 Å². The molecule has 0 saturated carbocycles. The predicted octanol–water partition coefficient (Wildman–Crippen LogP) is 4.89. The van der Waals surface area contributed by atoms with Crippen molar-refractivity contribution in [3.63, 3.8) is 0 Å². The van der Waals surface area contributed by atoms with Crippen LogP contribution in [0.15, 0.2) is 52.8 Å². The highest BCUT2D eigenvalue weighted by atomic mass is 35.5. The first-order valence-corrected chi connectivity index (χ1v) is 10.7. The van der Waals surface area contributed by atoms with Gasteiger partial charge in [-0.05, 0) is 48.9 Å². The van der Waals surface area contributed by atoms with E-state index >= 15 is 0 Å². The predicted molar refractivity (Wildman–Crippen MR) is 118 cm³/mol. The zero-order valence-electron chi connectivity index (χ0n) is 16.5. The minimum atomic E-state index is -0.481. The van der Waals surface area contributed by atoms with E-state index in [1.165, 1.54) is 29.9 Å². The maximum absolute atomic E-state index is 12.4. The van der Waals surface area contributed by atoms with Crippen molar-refractivity contribution in [2.75, 3.05) is 6.54 Å². The van der Waals surface area contributed by atoms with Crippen LogP contribution in [0.1, 0.15) is 27.7 Å². The standard InChI is InChI=1S/C23H17ClN2O4S/c1-13(27)20-2-3-21(31-20)15-7-16-8-18(30-22(16)19(24)9-15)11-26-23(28)17(10-25)6-14-4-5-29-12-14/h2-7,9,12,18H,8,11H2,1H3,(H,26,28)/b17-6+. The zero-order valence-corrected chi connectivity index (χ0v) is 18.0. The van der Waals surface area contributed by atoms with Gasteiger partial charge in [0, 0.05) is 22.4 Å². The van der Waals surface area contributed by atoms with Gasteiger partial charge in [0.05, 0.1) is 29.0 Å². The summed E-state index contributed by atoms with van der Waals surface area (Å²) in [6.45, 7) is 1.77. The fourth-order valence-electron chi connectivity index (χ4n) is 3.30. The Morgan fingerprint density at radius 2 is 2.19 bits per heavy atom. The quantitative estimate of drug-likeness (QED) is 0.326. The third-order valence-corrected chi connectivity index (χ3v) is 6.32. The lowest BCUT2D eigenvalue weighted by atomic mass is 10.1. The van der Waals surface area contributed by atoms with Gasteiger partial charge < -0.3 is 14.5 Å². The van der Waals surface area contributed by atoms with E-state index in [4.69, 9.17) is 20.8 Å². The maximum Gasteiger partial charge on any atom is 0.262 e. The van der Waals surface area contributed by atoms with Crippen LogP contribution in [-0.4, -0.2) is 24.3 Å². The molecule has 0 saturated heterocycles. The number of furan rings is 1. The summed E-state index contributed by atoms with van der Waals surface area (Å²) >= 11 is 7.86. The molecule has 3 aromatic rings. The molecule has 0 aliphatic carbocycles. The van der Waals surface area contributed by atoms with E-state index in [-0.39, 0.29) is 24.0 Å². The van der Waals surface area contributed by atoms with E-state index in [0.29, 0.717) is 27.6 Å². The summed E-state index contributed by atoms with van der Waals surface area (Å²) in [6, 6.07) is 11.1. The Balaban J connectivity index is 1.44. The van der Waals surface area contributed by atoms with E-state index in [9.17, 15) is 14.9 Å². The Hall–Kier alpha value is -3.34. The van der Waals surface area contributed by atoms with Gasteiger partial charge in [-0.15, -0.1) is 11.3 Å². The van der Waals surface area contributed by atoms with Gasteiger partial charge in [-0.3, -0.25) is 9.59 Å². The van der Waals surface area contributed by atoms with Crippen molar-refractivity contribution in [2.45, 2.75) is 19.4 Å². The highest BCUT2D eigenvalue weighted by molar-refractivity contribution is 7.17. The van der Waals surface area contributed by atoms with Crippen molar-refractivity contribution in [2.24, 2.45) is 0 Å². The second-order valence-electron chi connectivity index (χ2n) is 7.05. The number of rotatable bonds is 6. The number of benzene rings is 1. The molecule has 1 aliphatic heterocycles. The average Bonchev–Trinajstić information content (AvgIpc) is 3.50. The van der Waals surface area contributed by atoms with Crippen LogP contribution < -0.4 is 10.1 Å². The minimum Gasteiger partial charge on any atom is -0.486 e. The first-order chi connectivity index (χ1) is 14.9. The summed E-state index contributed by atoms with van der Waals surface area (Å²) in [4.78, 5) is 25.6. The highest BCUT2D eigenvalue weighted by Gasteiger charge is 2.27. The number of carbonyl (C=O) groups is 2. The zero-order chi connectivity index (χ0) is 22.0.